The number of aliphatic carboxylic acids is 1. The average Bonchev–Trinajstić information content (AvgIpc) is 2.99. The number of piperidine rings is 1. The quantitative estimate of drug-likeness (QED) is 0.416. The summed E-state index contributed by atoms with van der Waals surface area (Å²) in [6.45, 7) is 5.87. The van der Waals surface area contributed by atoms with Gasteiger partial charge >= 0.3 is 5.97 Å². The highest BCUT2D eigenvalue weighted by Gasteiger charge is 2.59. The summed E-state index contributed by atoms with van der Waals surface area (Å²) in [6.07, 6.45) is 1.02. The molecule has 41 heavy (non-hydrogen) atoms. The maximum absolute atomic E-state index is 14.1. The SMILES string of the molecule is C[C@@H]1NC(=O)C2(CCN(CCc3ccccc3)CC2CC(=O)O)N(CC(C)(c2ccccc2)c2ccccc2)C1=O. The van der Waals surface area contributed by atoms with E-state index in [1.54, 1.807) is 11.8 Å². The van der Waals surface area contributed by atoms with Crippen LogP contribution in [-0.2, 0) is 26.2 Å². The smallest absolute Gasteiger partial charge is 0.303 e. The largest absolute Gasteiger partial charge is 0.481 e. The molecule has 3 aromatic carbocycles. The van der Waals surface area contributed by atoms with Crippen molar-refractivity contribution in [2.75, 3.05) is 26.2 Å². The molecule has 0 aliphatic carbocycles. The highest BCUT2D eigenvalue weighted by Crippen LogP contribution is 2.43. The van der Waals surface area contributed by atoms with Gasteiger partial charge in [0, 0.05) is 37.5 Å². The van der Waals surface area contributed by atoms with Gasteiger partial charge in [-0.3, -0.25) is 14.4 Å². The van der Waals surface area contributed by atoms with Crippen molar-refractivity contribution in [3.8, 4) is 0 Å². The van der Waals surface area contributed by atoms with Crippen LogP contribution in [0, 0.1) is 5.92 Å². The number of benzene rings is 3. The lowest BCUT2D eigenvalue weighted by atomic mass is 9.69. The molecule has 2 N–H and O–H groups in total. The number of hydrogen-bond acceptors (Lipinski definition) is 4. The summed E-state index contributed by atoms with van der Waals surface area (Å²) in [5, 5.41) is 12.9. The number of nitrogens with one attached hydrogen (secondary N) is 1. The van der Waals surface area contributed by atoms with Gasteiger partial charge in [-0.25, -0.2) is 0 Å². The van der Waals surface area contributed by atoms with Crippen molar-refractivity contribution in [2.45, 2.75) is 50.1 Å². The topological polar surface area (TPSA) is 89.9 Å². The number of hydrogen-bond donors (Lipinski definition) is 2. The van der Waals surface area contributed by atoms with Gasteiger partial charge in [0.15, 0.2) is 0 Å². The number of carboxylic acids is 1. The number of carboxylic acid groups (broad SMARTS) is 1. The Morgan fingerprint density at radius 1 is 0.951 bits per heavy atom. The fourth-order valence-electron chi connectivity index (χ4n) is 6.75. The van der Waals surface area contributed by atoms with Crippen LogP contribution in [0.4, 0.5) is 0 Å². The van der Waals surface area contributed by atoms with Crippen LogP contribution in [0.25, 0.3) is 0 Å². The normalized spacial score (nSPS) is 23.4. The summed E-state index contributed by atoms with van der Waals surface area (Å²) < 4.78 is 0. The summed E-state index contributed by atoms with van der Waals surface area (Å²) in [6, 6.07) is 29.6. The minimum absolute atomic E-state index is 0.171. The van der Waals surface area contributed by atoms with E-state index >= 15 is 0 Å². The molecule has 3 aromatic rings. The van der Waals surface area contributed by atoms with Crippen LogP contribution in [0.1, 0.15) is 43.4 Å². The molecule has 0 bridgehead atoms. The predicted molar refractivity (Wildman–Crippen MR) is 158 cm³/mol. The molecule has 2 amide bonds. The van der Waals surface area contributed by atoms with E-state index in [4.69, 9.17) is 0 Å². The molecule has 7 heteroatoms. The first kappa shape index (κ1) is 28.6. The molecule has 2 aliphatic heterocycles. The maximum Gasteiger partial charge on any atom is 0.303 e. The van der Waals surface area contributed by atoms with Gasteiger partial charge in [-0.05, 0) is 43.4 Å². The summed E-state index contributed by atoms with van der Waals surface area (Å²) in [4.78, 5) is 44.3. The highest BCUT2D eigenvalue weighted by atomic mass is 16.4. The molecule has 1 spiro atoms. The molecule has 2 aliphatic rings. The summed E-state index contributed by atoms with van der Waals surface area (Å²) in [7, 11) is 0. The van der Waals surface area contributed by atoms with E-state index in [-0.39, 0.29) is 24.8 Å². The van der Waals surface area contributed by atoms with E-state index in [9.17, 15) is 19.5 Å². The highest BCUT2D eigenvalue weighted by molar-refractivity contribution is 6.00. The summed E-state index contributed by atoms with van der Waals surface area (Å²) >= 11 is 0. The van der Waals surface area contributed by atoms with Crippen molar-refractivity contribution in [1.29, 1.82) is 0 Å². The maximum atomic E-state index is 14.1. The van der Waals surface area contributed by atoms with Crippen molar-refractivity contribution in [3.63, 3.8) is 0 Å². The molecule has 2 fully saturated rings. The molecular weight excluding hydrogens is 514 g/mol. The van der Waals surface area contributed by atoms with E-state index in [2.05, 4.69) is 53.5 Å². The molecule has 5 rings (SSSR count). The Balaban J connectivity index is 1.53. The van der Waals surface area contributed by atoms with Gasteiger partial charge in [-0.1, -0.05) is 91.0 Å². The first-order valence-corrected chi connectivity index (χ1v) is 14.5. The van der Waals surface area contributed by atoms with Crippen LogP contribution in [0.5, 0.6) is 0 Å². The van der Waals surface area contributed by atoms with Crippen LogP contribution in [-0.4, -0.2) is 70.4 Å². The minimum atomic E-state index is -1.25. The number of carbonyl (C=O) groups is 3. The van der Waals surface area contributed by atoms with Gasteiger partial charge in [-0.2, -0.15) is 0 Å². The minimum Gasteiger partial charge on any atom is -0.481 e. The van der Waals surface area contributed by atoms with Crippen molar-refractivity contribution >= 4 is 17.8 Å². The summed E-state index contributed by atoms with van der Waals surface area (Å²) in [5.41, 5.74) is 1.40. The van der Waals surface area contributed by atoms with Crippen LogP contribution < -0.4 is 5.32 Å². The fraction of sp³-hybridized carbons (Fsp3) is 0.382. The van der Waals surface area contributed by atoms with E-state index in [0.29, 0.717) is 19.5 Å². The zero-order chi connectivity index (χ0) is 29.0. The first-order valence-electron chi connectivity index (χ1n) is 14.5. The molecule has 2 unspecified atom stereocenters. The zero-order valence-corrected chi connectivity index (χ0v) is 23.8. The Labute approximate surface area is 242 Å². The van der Waals surface area contributed by atoms with Crippen molar-refractivity contribution < 1.29 is 19.5 Å². The molecule has 2 saturated heterocycles. The molecule has 0 aromatic heterocycles. The third kappa shape index (κ3) is 5.64. The second-order valence-corrected chi connectivity index (χ2v) is 11.7. The summed E-state index contributed by atoms with van der Waals surface area (Å²) in [5.74, 6) is -1.94. The monoisotopic (exact) mass is 553 g/mol. The van der Waals surface area contributed by atoms with Gasteiger partial charge in [0.2, 0.25) is 11.8 Å². The molecular formula is C34H39N3O4. The zero-order valence-electron chi connectivity index (χ0n) is 23.8. The standard InChI is InChI=1S/C34H39N3O4/c1-25-31(40)37(24-33(2,27-14-8-4-9-15-27)28-16-10-5-11-17-28)34(32(41)35-25)19-21-36(23-29(34)22-30(38)39)20-18-26-12-6-3-7-13-26/h3-17,25,29H,18-24H2,1-2H3,(H,35,41)(H,38,39)/t25-,29?,34?/m0/s1. The lowest BCUT2D eigenvalue weighted by Crippen LogP contribution is -2.76. The molecule has 7 nitrogen and oxygen atoms in total. The number of amides is 2. The second kappa shape index (κ2) is 11.9. The van der Waals surface area contributed by atoms with Gasteiger partial charge in [-0.15, -0.1) is 0 Å². The second-order valence-electron chi connectivity index (χ2n) is 11.7. The predicted octanol–water partition coefficient (Wildman–Crippen LogP) is 4.12. The van der Waals surface area contributed by atoms with Crippen LogP contribution >= 0.6 is 0 Å². The Bertz CT molecular complexity index is 1320. The van der Waals surface area contributed by atoms with Gasteiger partial charge < -0.3 is 20.2 Å². The molecule has 0 radical (unpaired) electrons. The van der Waals surface area contributed by atoms with Crippen molar-refractivity contribution in [2.24, 2.45) is 5.92 Å². The Hall–Kier alpha value is -3.97. The Morgan fingerprint density at radius 3 is 2.07 bits per heavy atom. The Kier molecular flexibility index (Phi) is 8.27. The third-order valence-corrected chi connectivity index (χ3v) is 9.10. The van der Waals surface area contributed by atoms with Crippen molar-refractivity contribution in [3.05, 3.63) is 108 Å². The molecule has 214 valence electrons. The Morgan fingerprint density at radius 2 is 1.51 bits per heavy atom. The number of likely N-dealkylation sites (tertiary alicyclic amines) is 1. The van der Waals surface area contributed by atoms with Crippen LogP contribution in [0.15, 0.2) is 91.0 Å². The fourth-order valence-corrected chi connectivity index (χ4v) is 6.75. The molecule has 2 heterocycles. The van der Waals surface area contributed by atoms with Crippen molar-refractivity contribution in [1.82, 2.24) is 15.1 Å². The first-order chi connectivity index (χ1) is 19.7. The average molecular weight is 554 g/mol. The van der Waals surface area contributed by atoms with E-state index < -0.39 is 28.9 Å². The van der Waals surface area contributed by atoms with E-state index in [1.807, 2.05) is 54.6 Å². The van der Waals surface area contributed by atoms with Gasteiger partial charge in [0.05, 0.1) is 6.42 Å². The number of piperazine rings is 1. The number of carbonyl (C=O) groups excluding carboxylic acids is 2. The van der Waals surface area contributed by atoms with E-state index in [0.717, 1.165) is 24.1 Å². The van der Waals surface area contributed by atoms with E-state index in [1.165, 1.54) is 5.56 Å². The lowest BCUT2D eigenvalue weighted by Gasteiger charge is -2.56. The lowest BCUT2D eigenvalue weighted by molar-refractivity contribution is -0.169. The third-order valence-electron chi connectivity index (χ3n) is 9.10. The number of nitrogens with zero attached hydrogens (tertiary/aromatic N) is 2. The van der Waals surface area contributed by atoms with Gasteiger partial charge in [0.25, 0.3) is 0 Å². The van der Waals surface area contributed by atoms with Gasteiger partial charge in [0.1, 0.15) is 11.6 Å². The van der Waals surface area contributed by atoms with Crippen LogP contribution in [0.3, 0.4) is 0 Å². The molecule has 3 atom stereocenters. The molecule has 0 saturated carbocycles. The number of rotatable bonds is 9. The van der Waals surface area contributed by atoms with Crippen LogP contribution in [0.2, 0.25) is 0 Å².